The Labute approximate surface area is 69.8 Å². The number of hydrogen-bond acceptors (Lipinski definition) is 1. The fraction of sp³-hybridized carbons (Fsp3) is 0.857. The summed E-state index contributed by atoms with van der Waals surface area (Å²) in [7, 11) is 0. The Balaban J connectivity index is 4.17. The lowest BCUT2D eigenvalue weighted by atomic mass is 9.86. The van der Waals surface area contributed by atoms with E-state index >= 15 is 0 Å². The fourth-order valence-corrected chi connectivity index (χ4v) is 0.837. The molecule has 10 heavy (non-hydrogen) atoms. The van der Waals surface area contributed by atoms with Crippen LogP contribution in [0.4, 0.5) is 0 Å². The lowest BCUT2D eigenvalue weighted by Crippen LogP contribution is -2.30. The molecule has 0 fully saturated rings. The fourth-order valence-electron chi connectivity index (χ4n) is 0.513. The van der Waals surface area contributed by atoms with E-state index < -0.39 is 10.8 Å². The maximum atomic E-state index is 10.5. The van der Waals surface area contributed by atoms with Crippen LogP contribution in [-0.2, 0) is 4.79 Å². The molecule has 0 saturated carbocycles. The Hall–Kier alpha value is -0.0500. The molecule has 0 aromatic carbocycles. The molecule has 60 valence electrons. The first-order chi connectivity index (χ1) is 4.41. The molecule has 0 aliphatic heterocycles. The minimum Gasteiger partial charge on any atom is -0.480 e. The van der Waals surface area contributed by atoms with Gasteiger partial charge in [0.2, 0.25) is 0 Å². The van der Waals surface area contributed by atoms with Crippen molar-refractivity contribution in [1.29, 1.82) is 0 Å². The number of alkyl halides is 1. The highest BCUT2D eigenvalue weighted by Gasteiger charge is 2.30. The highest BCUT2D eigenvalue weighted by molar-refractivity contribution is 9.10. The molecule has 0 bridgehead atoms. The van der Waals surface area contributed by atoms with Crippen LogP contribution in [0.25, 0.3) is 0 Å². The van der Waals surface area contributed by atoms with Crippen molar-refractivity contribution in [2.24, 2.45) is 5.41 Å². The second-order valence-electron chi connectivity index (χ2n) is 3.04. The molecule has 1 atom stereocenters. The molecule has 2 nitrogen and oxygen atoms in total. The molecule has 0 saturated heterocycles. The van der Waals surface area contributed by atoms with Crippen LogP contribution in [-0.4, -0.2) is 15.9 Å². The van der Waals surface area contributed by atoms with Crippen molar-refractivity contribution in [3.63, 3.8) is 0 Å². The van der Waals surface area contributed by atoms with E-state index in [-0.39, 0.29) is 5.41 Å². The van der Waals surface area contributed by atoms with Crippen molar-refractivity contribution in [3.05, 3.63) is 0 Å². The Morgan fingerprint density at radius 3 is 2.20 bits per heavy atom. The first kappa shape index (κ1) is 9.95. The summed E-state index contributed by atoms with van der Waals surface area (Å²) in [6.07, 6.45) is 0.856. The van der Waals surface area contributed by atoms with Crippen molar-refractivity contribution in [2.45, 2.75) is 32.0 Å². The van der Waals surface area contributed by atoms with Crippen molar-refractivity contribution in [2.75, 3.05) is 0 Å². The number of hydrogen-bond donors (Lipinski definition) is 1. The average Bonchev–Trinajstić information content (AvgIpc) is 1.86. The number of rotatable bonds is 3. The largest absolute Gasteiger partial charge is 0.480 e. The predicted molar refractivity (Wildman–Crippen MR) is 44.4 cm³/mol. The van der Waals surface area contributed by atoms with Crippen LogP contribution >= 0.6 is 15.9 Å². The zero-order valence-electron chi connectivity index (χ0n) is 6.52. The molecule has 0 radical (unpaired) electrons. The van der Waals surface area contributed by atoms with Gasteiger partial charge in [0, 0.05) is 0 Å². The first-order valence-electron chi connectivity index (χ1n) is 3.28. The van der Waals surface area contributed by atoms with Crippen LogP contribution in [0.2, 0.25) is 0 Å². The number of halogens is 1. The third-order valence-electron chi connectivity index (χ3n) is 1.81. The second-order valence-corrected chi connectivity index (χ2v) is 3.96. The zero-order valence-corrected chi connectivity index (χ0v) is 8.10. The highest BCUT2D eigenvalue weighted by atomic mass is 79.9. The Morgan fingerprint density at radius 2 is 2.10 bits per heavy atom. The molecule has 0 aliphatic rings. The van der Waals surface area contributed by atoms with Gasteiger partial charge in [0.05, 0.1) is 0 Å². The first-order valence-corrected chi connectivity index (χ1v) is 4.20. The maximum Gasteiger partial charge on any atom is 0.317 e. The van der Waals surface area contributed by atoms with Gasteiger partial charge in [0.1, 0.15) is 4.83 Å². The predicted octanol–water partition coefficient (Wildman–Crippen LogP) is 2.27. The molecule has 0 aromatic heterocycles. The van der Waals surface area contributed by atoms with Gasteiger partial charge in [0.15, 0.2) is 0 Å². The second kappa shape index (κ2) is 3.37. The van der Waals surface area contributed by atoms with Gasteiger partial charge < -0.3 is 5.11 Å². The molecule has 0 aromatic rings. The van der Waals surface area contributed by atoms with E-state index in [1.54, 1.807) is 0 Å². The summed E-state index contributed by atoms with van der Waals surface area (Å²) in [5.41, 5.74) is -0.161. The van der Waals surface area contributed by atoms with Crippen LogP contribution in [0, 0.1) is 5.41 Å². The summed E-state index contributed by atoms with van der Waals surface area (Å²) >= 11 is 3.12. The quantitative estimate of drug-likeness (QED) is 0.724. The van der Waals surface area contributed by atoms with Gasteiger partial charge in [-0.3, -0.25) is 4.79 Å². The molecule has 1 unspecified atom stereocenters. The minimum absolute atomic E-state index is 0.161. The highest BCUT2D eigenvalue weighted by Crippen LogP contribution is 2.30. The van der Waals surface area contributed by atoms with Crippen LogP contribution in [0.5, 0.6) is 0 Å². The summed E-state index contributed by atoms with van der Waals surface area (Å²) in [6.45, 7) is 5.85. The van der Waals surface area contributed by atoms with Crippen molar-refractivity contribution in [1.82, 2.24) is 0 Å². The van der Waals surface area contributed by atoms with E-state index in [0.29, 0.717) is 0 Å². The van der Waals surface area contributed by atoms with Gasteiger partial charge in [-0.1, -0.05) is 36.7 Å². The van der Waals surface area contributed by atoms with Gasteiger partial charge in [-0.2, -0.15) is 0 Å². The van der Waals surface area contributed by atoms with E-state index in [4.69, 9.17) is 5.11 Å². The zero-order chi connectivity index (χ0) is 8.36. The number of carboxylic acids is 1. The molecular weight excluding hydrogens is 196 g/mol. The normalized spacial score (nSPS) is 14.8. The van der Waals surface area contributed by atoms with Gasteiger partial charge in [-0.15, -0.1) is 0 Å². The van der Waals surface area contributed by atoms with Gasteiger partial charge in [-0.25, -0.2) is 0 Å². The van der Waals surface area contributed by atoms with Gasteiger partial charge in [-0.05, 0) is 11.8 Å². The minimum atomic E-state index is -0.785. The smallest absolute Gasteiger partial charge is 0.317 e. The number of carbonyl (C=O) groups is 1. The third-order valence-corrected chi connectivity index (χ3v) is 3.45. The average molecular weight is 209 g/mol. The van der Waals surface area contributed by atoms with Crippen LogP contribution in [0.3, 0.4) is 0 Å². The van der Waals surface area contributed by atoms with E-state index in [0.717, 1.165) is 6.42 Å². The lowest BCUT2D eigenvalue weighted by molar-refractivity contribution is -0.138. The van der Waals surface area contributed by atoms with E-state index in [9.17, 15) is 4.79 Å². The Bertz CT molecular complexity index is 132. The summed E-state index contributed by atoms with van der Waals surface area (Å²) < 4.78 is 0. The summed E-state index contributed by atoms with van der Waals surface area (Å²) in [4.78, 5) is 10.0. The van der Waals surface area contributed by atoms with Crippen molar-refractivity contribution >= 4 is 21.9 Å². The molecule has 0 spiro atoms. The SMILES string of the molecule is CCC(C)(C)C(Br)C(=O)O. The van der Waals surface area contributed by atoms with Gasteiger partial charge in [0.25, 0.3) is 0 Å². The Kier molecular flexibility index (Phi) is 3.36. The molecule has 0 amide bonds. The topological polar surface area (TPSA) is 37.3 Å². The maximum absolute atomic E-state index is 10.5. The molecule has 1 N–H and O–H groups in total. The summed E-state index contributed by atoms with van der Waals surface area (Å²) in [6, 6.07) is 0. The summed E-state index contributed by atoms with van der Waals surface area (Å²) in [5.74, 6) is -0.785. The van der Waals surface area contributed by atoms with E-state index in [1.807, 2.05) is 20.8 Å². The molecule has 0 aliphatic carbocycles. The van der Waals surface area contributed by atoms with Crippen LogP contribution < -0.4 is 0 Å². The molecule has 3 heteroatoms. The summed E-state index contributed by atoms with van der Waals surface area (Å²) in [5, 5.41) is 8.60. The number of carboxylic acid groups (broad SMARTS) is 1. The monoisotopic (exact) mass is 208 g/mol. The van der Waals surface area contributed by atoms with Gasteiger partial charge >= 0.3 is 5.97 Å². The van der Waals surface area contributed by atoms with E-state index in [1.165, 1.54) is 0 Å². The van der Waals surface area contributed by atoms with Crippen LogP contribution in [0.15, 0.2) is 0 Å². The third kappa shape index (κ3) is 2.29. The van der Waals surface area contributed by atoms with Crippen LogP contribution in [0.1, 0.15) is 27.2 Å². The Morgan fingerprint density at radius 1 is 1.70 bits per heavy atom. The lowest BCUT2D eigenvalue weighted by Gasteiger charge is -2.25. The standard InChI is InChI=1S/C7H13BrO2/c1-4-7(2,3)5(8)6(9)10/h5H,4H2,1-3H3,(H,9,10). The molecule has 0 rings (SSSR count). The molecular formula is C7H13BrO2. The van der Waals surface area contributed by atoms with E-state index in [2.05, 4.69) is 15.9 Å². The number of aliphatic carboxylic acids is 1. The van der Waals surface area contributed by atoms with Crippen molar-refractivity contribution in [3.8, 4) is 0 Å². The van der Waals surface area contributed by atoms with Crippen molar-refractivity contribution < 1.29 is 9.90 Å². The molecule has 0 heterocycles.